The van der Waals surface area contributed by atoms with Crippen molar-refractivity contribution in [3.63, 3.8) is 0 Å². The average Bonchev–Trinajstić information content (AvgIpc) is 3.33. The minimum absolute atomic E-state index is 0.706. The van der Waals surface area contributed by atoms with E-state index in [-0.39, 0.29) is 0 Å². The highest BCUT2D eigenvalue weighted by Gasteiger charge is 2.11. The van der Waals surface area contributed by atoms with Crippen LogP contribution in [0.1, 0.15) is 22.4 Å². The molecular weight excluding hydrogens is 388 g/mol. The van der Waals surface area contributed by atoms with E-state index in [1.807, 2.05) is 6.07 Å². The van der Waals surface area contributed by atoms with Gasteiger partial charge in [-0.2, -0.15) is 4.68 Å². The summed E-state index contributed by atoms with van der Waals surface area (Å²) >= 11 is 3.17. The fourth-order valence-electron chi connectivity index (χ4n) is 2.62. The summed E-state index contributed by atoms with van der Waals surface area (Å²) < 4.78 is 1.77. The molecule has 0 aliphatic heterocycles. The number of hydrogen-bond donors (Lipinski definition) is 1. The molecule has 0 bridgehead atoms. The predicted octanol–water partition coefficient (Wildman–Crippen LogP) is 5.08. The quantitative estimate of drug-likeness (QED) is 0.449. The lowest BCUT2D eigenvalue weighted by atomic mass is 10.1. The number of aryl methyl sites for hydroxylation is 3. The van der Waals surface area contributed by atoms with Crippen LogP contribution in [0, 0.1) is 20.8 Å². The van der Waals surface area contributed by atoms with Crippen molar-refractivity contribution in [2.24, 2.45) is 0 Å². The van der Waals surface area contributed by atoms with Crippen LogP contribution in [-0.2, 0) is 5.75 Å². The smallest absolute Gasteiger partial charge is 0.214 e. The normalized spacial score (nSPS) is 11.0. The summed E-state index contributed by atoms with van der Waals surface area (Å²) in [6.07, 6.45) is 0. The van der Waals surface area contributed by atoms with Gasteiger partial charge in [-0.3, -0.25) is 0 Å². The average molecular weight is 409 g/mol. The lowest BCUT2D eigenvalue weighted by Crippen LogP contribution is -2.00. The molecule has 0 saturated heterocycles. The zero-order valence-electron chi connectivity index (χ0n) is 15.9. The fourth-order valence-corrected chi connectivity index (χ4v) is 4.24. The second-order valence-corrected chi connectivity index (χ2v) is 8.37. The zero-order valence-corrected chi connectivity index (χ0v) is 17.5. The van der Waals surface area contributed by atoms with Gasteiger partial charge in [0.15, 0.2) is 5.13 Å². The molecule has 0 radical (unpaired) electrons. The van der Waals surface area contributed by atoms with Crippen molar-refractivity contribution in [3.8, 4) is 5.69 Å². The van der Waals surface area contributed by atoms with Crippen LogP contribution in [0.25, 0.3) is 5.69 Å². The van der Waals surface area contributed by atoms with Gasteiger partial charge in [-0.05, 0) is 66.6 Å². The molecule has 0 atom stereocenters. The molecule has 4 aromatic rings. The number of thiazole rings is 1. The van der Waals surface area contributed by atoms with Crippen molar-refractivity contribution in [1.82, 2.24) is 25.2 Å². The molecular formula is C20H20N6S2. The van der Waals surface area contributed by atoms with Crippen LogP contribution in [0.4, 0.5) is 10.8 Å². The van der Waals surface area contributed by atoms with Gasteiger partial charge in [0, 0.05) is 16.8 Å². The maximum absolute atomic E-state index is 4.66. The van der Waals surface area contributed by atoms with Crippen LogP contribution in [-0.4, -0.2) is 25.2 Å². The van der Waals surface area contributed by atoms with Gasteiger partial charge in [-0.1, -0.05) is 35.5 Å². The molecule has 1 N–H and O–H groups in total. The molecule has 4 rings (SSSR count). The number of aromatic nitrogens is 5. The molecule has 2 aromatic heterocycles. The number of thioether (sulfide) groups is 1. The summed E-state index contributed by atoms with van der Waals surface area (Å²) in [6.45, 7) is 6.26. The summed E-state index contributed by atoms with van der Waals surface area (Å²) in [5.74, 6) is 0.706. The second-order valence-electron chi connectivity index (χ2n) is 6.57. The van der Waals surface area contributed by atoms with Crippen LogP contribution in [0.15, 0.2) is 53.0 Å². The standard InChI is InChI=1S/C20H20N6S2/c1-13-4-7-16(8-5-13)21-19-22-17(11-27-19)12-28-20-23-24-25-26(20)18-9-6-14(2)15(3)10-18/h4-11H,12H2,1-3H3,(H,21,22). The van der Waals surface area contributed by atoms with Gasteiger partial charge in [0.1, 0.15) is 0 Å². The Morgan fingerprint density at radius 3 is 2.64 bits per heavy atom. The highest BCUT2D eigenvalue weighted by Crippen LogP contribution is 2.27. The van der Waals surface area contributed by atoms with Crippen molar-refractivity contribution in [1.29, 1.82) is 0 Å². The van der Waals surface area contributed by atoms with Gasteiger partial charge >= 0.3 is 0 Å². The highest BCUT2D eigenvalue weighted by atomic mass is 32.2. The third kappa shape index (κ3) is 4.23. The molecule has 0 saturated carbocycles. The molecule has 2 aromatic carbocycles. The van der Waals surface area contributed by atoms with E-state index in [2.05, 4.69) is 88.4 Å². The number of anilines is 2. The Balaban J connectivity index is 1.43. The van der Waals surface area contributed by atoms with E-state index < -0.39 is 0 Å². The van der Waals surface area contributed by atoms with E-state index in [9.17, 15) is 0 Å². The SMILES string of the molecule is Cc1ccc(Nc2nc(CSc3nnnn3-c3ccc(C)c(C)c3)cs2)cc1. The topological polar surface area (TPSA) is 68.5 Å². The first-order valence-corrected chi connectivity index (χ1v) is 10.7. The molecule has 0 fully saturated rings. The van der Waals surface area contributed by atoms with Crippen LogP contribution in [0.2, 0.25) is 0 Å². The van der Waals surface area contributed by atoms with Crippen LogP contribution < -0.4 is 5.32 Å². The van der Waals surface area contributed by atoms with Crippen molar-refractivity contribution < 1.29 is 0 Å². The summed E-state index contributed by atoms with van der Waals surface area (Å²) in [4.78, 5) is 4.66. The number of benzene rings is 2. The predicted molar refractivity (Wildman–Crippen MR) is 115 cm³/mol. The van der Waals surface area contributed by atoms with Crippen molar-refractivity contribution >= 4 is 33.9 Å². The Hall–Kier alpha value is -2.71. The lowest BCUT2D eigenvalue weighted by molar-refractivity contribution is 0.755. The minimum atomic E-state index is 0.706. The molecule has 0 aliphatic carbocycles. The van der Waals surface area contributed by atoms with E-state index in [4.69, 9.17) is 0 Å². The Morgan fingerprint density at radius 2 is 1.86 bits per heavy atom. The Kier molecular flexibility index (Phi) is 5.40. The first-order valence-electron chi connectivity index (χ1n) is 8.85. The van der Waals surface area contributed by atoms with Crippen LogP contribution in [0.3, 0.4) is 0 Å². The van der Waals surface area contributed by atoms with Gasteiger partial charge in [0.2, 0.25) is 5.16 Å². The van der Waals surface area contributed by atoms with Crippen molar-refractivity contribution in [2.75, 3.05) is 5.32 Å². The summed E-state index contributed by atoms with van der Waals surface area (Å²) in [5, 5.41) is 19.2. The van der Waals surface area contributed by atoms with Gasteiger partial charge in [0.05, 0.1) is 11.4 Å². The monoisotopic (exact) mass is 408 g/mol. The Morgan fingerprint density at radius 1 is 1.04 bits per heavy atom. The van der Waals surface area contributed by atoms with Crippen LogP contribution >= 0.6 is 23.1 Å². The van der Waals surface area contributed by atoms with Crippen LogP contribution in [0.5, 0.6) is 0 Å². The number of rotatable bonds is 6. The second kappa shape index (κ2) is 8.12. The lowest BCUT2D eigenvalue weighted by Gasteiger charge is -2.06. The molecule has 0 aliphatic rings. The first kappa shape index (κ1) is 18.6. The molecule has 142 valence electrons. The van der Waals surface area contributed by atoms with Gasteiger partial charge in [-0.15, -0.1) is 16.4 Å². The molecule has 0 spiro atoms. The fraction of sp³-hybridized carbons (Fsp3) is 0.200. The molecule has 0 unspecified atom stereocenters. The highest BCUT2D eigenvalue weighted by molar-refractivity contribution is 7.98. The molecule has 2 heterocycles. The number of tetrazole rings is 1. The van der Waals surface area contributed by atoms with E-state index in [0.717, 1.165) is 27.4 Å². The minimum Gasteiger partial charge on any atom is -0.332 e. The van der Waals surface area contributed by atoms with E-state index >= 15 is 0 Å². The van der Waals surface area contributed by atoms with E-state index in [1.54, 1.807) is 27.8 Å². The van der Waals surface area contributed by atoms with Crippen molar-refractivity contribution in [2.45, 2.75) is 31.7 Å². The van der Waals surface area contributed by atoms with E-state index in [1.165, 1.54) is 16.7 Å². The molecule has 0 amide bonds. The van der Waals surface area contributed by atoms with Gasteiger partial charge in [0.25, 0.3) is 0 Å². The maximum Gasteiger partial charge on any atom is 0.214 e. The van der Waals surface area contributed by atoms with Crippen molar-refractivity contribution in [3.05, 3.63) is 70.2 Å². The summed E-state index contributed by atoms with van der Waals surface area (Å²) in [7, 11) is 0. The largest absolute Gasteiger partial charge is 0.332 e. The van der Waals surface area contributed by atoms with E-state index in [0.29, 0.717) is 5.75 Å². The number of nitrogens with zero attached hydrogens (tertiary/aromatic N) is 5. The Labute approximate surface area is 172 Å². The van der Waals surface area contributed by atoms with Gasteiger partial charge in [-0.25, -0.2) is 4.98 Å². The Bertz CT molecular complexity index is 1080. The molecule has 6 nitrogen and oxygen atoms in total. The number of nitrogens with one attached hydrogen (secondary N) is 1. The third-order valence-corrected chi connectivity index (χ3v) is 6.14. The maximum atomic E-state index is 4.66. The zero-order chi connectivity index (χ0) is 19.5. The number of hydrogen-bond acceptors (Lipinski definition) is 7. The van der Waals surface area contributed by atoms with Gasteiger partial charge < -0.3 is 5.32 Å². The summed E-state index contributed by atoms with van der Waals surface area (Å²) in [5.41, 5.74) is 6.72. The first-order chi connectivity index (χ1) is 13.6. The third-order valence-electron chi connectivity index (χ3n) is 4.38. The molecule has 8 heteroatoms. The summed E-state index contributed by atoms with van der Waals surface area (Å²) in [6, 6.07) is 14.5. The molecule has 28 heavy (non-hydrogen) atoms.